The summed E-state index contributed by atoms with van der Waals surface area (Å²) >= 11 is 1.61. The Morgan fingerprint density at radius 3 is 3.00 bits per heavy atom. The number of ketones is 1. The van der Waals surface area contributed by atoms with Gasteiger partial charge in [-0.25, -0.2) is 4.98 Å². The molecule has 2 rings (SSSR count). The molecular formula is C13H16N2OS. The first kappa shape index (κ1) is 12.2. The average molecular weight is 248 g/mol. The lowest BCUT2D eigenvalue weighted by Crippen LogP contribution is -2.24. The fourth-order valence-corrected chi connectivity index (χ4v) is 2.63. The molecule has 1 N–H and O–H groups in total. The Kier molecular flexibility index (Phi) is 4.23. The van der Waals surface area contributed by atoms with E-state index in [2.05, 4.69) is 17.2 Å². The quantitative estimate of drug-likeness (QED) is 0.798. The van der Waals surface area contributed by atoms with Gasteiger partial charge in [-0.15, -0.1) is 11.3 Å². The van der Waals surface area contributed by atoms with Crippen molar-refractivity contribution in [2.45, 2.75) is 19.8 Å². The van der Waals surface area contributed by atoms with E-state index in [0.717, 1.165) is 28.2 Å². The molecule has 0 amide bonds. The Morgan fingerprint density at radius 1 is 1.41 bits per heavy atom. The standard InChI is InChI=1S/C13H16N2OS/c1-2-7-14-9-10(16)8-13-15-11-5-3-4-6-12(11)17-13/h3-6,14H,2,7-9H2,1H3. The minimum absolute atomic E-state index is 0.206. The van der Waals surface area contributed by atoms with E-state index in [0.29, 0.717) is 13.0 Å². The van der Waals surface area contributed by atoms with Crippen molar-refractivity contribution in [2.24, 2.45) is 0 Å². The number of thiazole rings is 1. The van der Waals surface area contributed by atoms with Gasteiger partial charge in [-0.1, -0.05) is 19.1 Å². The number of Topliss-reactive ketones (excluding diaryl/α,β-unsaturated/α-hetero) is 1. The van der Waals surface area contributed by atoms with Gasteiger partial charge < -0.3 is 5.32 Å². The maximum absolute atomic E-state index is 11.7. The summed E-state index contributed by atoms with van der Waals surface area (Å²) in [6.07, 6.45) is 1.49. The first-order chi connectivity index (χ1) is 8.29. The molecule has 2 aromatic rings. The van der Waals surface area contributed by atoms with Gasteiger partial charge in [0.05, 0.1) is 23.2 Å². The molecule has 1 aromatic heterocycles. The first-order valence-corrected chi connectivity index (χ1v) is 6.68. The van der Waals surface area contributed by atoms with Crippen molar-refractivity contribution in [3.05, 3.63) is 29.3 Å². The molecule has 0 radical (unpaired) electrons. The van der Waals surface area contributed by atoms with Crippen molar-refractivity contribution in [1.29, 1.82) is 0 Å². The van der Waals surface area contributed by atoms with E-state index >= 15 is 0 Å². The van der Waals surface area contributed by atoms with Crippen molar-refractivity contribution in [3.63, 3.8) is 0 Å². The van der Waals surface area contributed by atoms with Crippen LogP contribution in [0.1, 0.15) is 18.4 Å². The number of rotatable bonds is 6. The minimum atomic E-state index is 0.206. The molecule has 90 valence electrons. The van der Waals surface area contributed by atoms with Gasteiger partial charge in [-0.2, -0.15) is 0 Å². The van der Waals surface area contributed by atoms with Crippen LogP contribution in [0.15, 0.2) is 24.3 Å². The lowest BCUT2D eigenvalue weighted by atomic mass is 10.3. The monoisotopic (exact) mass is 248 g/mol. The van der Waals surface area contributed by atoms with E-state index in [-0.39, 0.29) is 5.78 Å². The molecule has 1 aromatic carbocycles. The third-order valence-corrected chi connectivity index (χ3v) is 3.47. The third kappa shape index (κ3) is 3.35. The third-order valence-electron chi connectivity index (χ3n) is 2.44. The second-order valence-electron chi connectivity index (χ2n) is 3.97. The number of hydrogen-bond acceptors (Lipinski definition) is 4. The zero-order valence-electron chi connectivity index (χ0n) is 9.90. The van der Waals surface area contributed by atoms with E-state index < -0.39 is 0 Å². The van der Waals surface area contributed by atoms with Gasteiger partial charge in [-0.05, 0) is 25.1 Å². The van der Waals surface area contributed by atoms with Gasteiger partial charge >= 0.3 is 0 Å². The predicted molar refractivity (Wildman–Crippen MR) is 71.5 cm³/mol. The van der Waals surface area contributed by atoms with Crippen LogP contribution < -0.4 is 5.32 Å². The lowest BCUT2D eigenvalue weighted by molar-refractivity contribution is -0.117. The fraction of sp³-hybridized carbons (Fsp3) is 0.385. The highest BCUT2D eigenvalue weighted by atomic mass is 32.1. The van der Waals surface area contributed by atoms with Crippen molar-refractivity contribution in [3.8, 4) is 0 Å². The second kappa shape index (κ2) is 5.89. The summed E-state index contributed by atoms with van der Waals surface area (Å²) in [5.74, 6) is 0.206. The van der Waals surface area contributed by atoms with Crippen LogP contribution in [0.5, 0.6) is 0 Å². The van der Waals surface area contributed by atoms with Crippen LogP contribution in [0.3, 0.4) is 0 Å². The van der Waals surface area contributed by atoms with Gasteiger partial charge in [0.2, 0.25) is 0 Å². The van der Waals surface area contributed by atoms with E-state index in [1.165, 1.54) is 0 Å². The van der Waals surface area contributed by atoms with Crippen molar-refractivity contribution >= 4 is 27.3 Å². The van der Waals surface area contributed by atoms with E-state index in [4.69, 9.17) is 0 Å². The van der Waals surface area contributed by atoms with Gasteiger partial charge in [0.15, 0.2) is 5.78 Å². The second-order valence-corrected chi connectivity index (χ2v) is 5.08. The van der Waals surface area contributed by atoms with Crippen molar-refractivity contribution in [1.82, 2.24) is 10.3 Å². The summed E-state index contributed by atoms with van der Waals surface area (Å²) in [4.78, 5) is 16.1. The summed E-state index contributed by atoms with van der Waals surface area (Å²) in [5.41, 5.74) is 0.988. The summed E-state index contributed by atoms with van der Waals surface area (Å²) in [7, 11) is 0. The summed E-state index contributed by atoms with van der Waals surface area (Å²) in [6.45, 7) is 3.43. The van der Waals surface area contributed by atoms with Crippen LogP contribution in [0.25, 0.3) is 10.2 Å². The zero-order valence-corrected chi connectivity index (χ0v) is 10.7. The maximum atomic E-state index is 11.7. The number of fused-ring (bicyclic) bond motifs is 1. The molecule has 0 aliphatic rings. The molecule has 0 atom stereocenters. The fourth-order valence-electron chi connectivity index (χ4n) is 1.63. The highest BCUT2D eigenvalue weighted by Crippen LogP contribution is 2.21. The molecule has 0 aliphatic heterocycles. The molecule has 0 unspecified atom stereocenters. The smallest absolute Gasteiger partial charge is 0.153 e. The van der Waals surface area contributed by atoms with Crippen LogP contribution >= 0.6 is 11.3 Å². The Balaban J connectivity index is 1.96. The van der Waals surface area contributed by atoms with Gasteiger partial charge in [-0.3, -0.25) is 4.79 Å². The Morgan fingerprint density at radius 2 is 2.24 bits per heavy atom. The first-order valence-electron chi connectivity index (χ1n) is 5.86. The lowest BCUT2D eigenvalue weighted by Gasteiger charge is -1.99. The van der Waals surface area contributed by atoms with Crippen LogP contribution in [0, 0.1) is 0 Å². The molecule has 3 nitrogen and oxygen atoms in total. The summed E-state index contributed by atoms with van der Waals surface area (Å²) < 4.78 is 1.15. The number of carbonyl (C=O) groups excluding carboxylic acids is 1. The number of benzene rings is 1. The molecular weight excluding hydrogens is 232 g/mol. The Labute approximate surface area is 105 Å². The number of carbonyl (C=O) groups is 1. The van der Waals surface area contributed by atoms with E-state index in [1.807, 2.05) is 24.3 Å². The van der Waals surface area contributed by atoms with E-state index in [1.54, 1.807) is 11.3 Å². The Bertz CT molecular complexity index is 474. The number of nitrogens with zero attached hydrogens (tertiary/aromatic N) is 1. The maximum Gasteiger partial charge on any atom is 0.153 e. The summed E-state index contributed by atoms with van der Waals surface area (Å²) in [5, 5.41) is 4.03. The molecule has 4 heteroatoms. The minimum Gasteiger partial charge on any atom is -0.310 e. The molecule has 0 spiro atoms. The van der Waals surface area contributed by atoms with Crippen LogP contribution in [0.4, 0.5) is 0 Å². The molecule has 0 saturated carbocycles. The molecule has 0 aliphatic carbocycles. The number of para-hydroxylation sites is 1. The van der Waals surface area contributed by atoms with E-state index in [9.17, 15) is 4.79 Å². The molecule has 0 saturated heterocycles. The average Bonchev–Trinajstić information content (AvgIpc) is 2.71. The highest BCUT2D eigenvalue weighted by Gasteiger charge is 2.08. The van der Waals surface area contributed by atoms with Crippen molar-refractivity contribution in [2.75, 3.05) is 13.1 Å². The van der Waals surface area contributed by atoms with Gasteiger partial charge in [0.1, 0.15) is 5.01 Å². The van der Waals surface area contributed by atoms with Crippen LogP contribution in [-0.4, -0.2) is 23.9 Å². The number of hydrogen-bond donors (Lipinski definition) is 1. The van der Waals surface area contributed by atoms with Crippen molar-refractivity contribution < 1.29 is 4.79 Å². The largest absolute Gasteiger partial charge is 0.310 e. The predicted octanol–water partition coefficient (Wildman–Crippen LogP) is 2.41. The summed E-state index contributed by atoms with van der Waals surface area (Å²) in [6, 6.07) is 7.98. The topological polar surface area (TPSA) is 42.0 Å². The molecule has 17 heavy (non-hydrogen) atoms. The zero-order chi connectivity index (χ0) is 12.1. The highest BCUT2D eigenvalue weighted by molar-refractivity contribution is 7.18. The van der Waals surface area contributed by atoms with Crippen LogP contribution in [0.2, 0.25) is 0 Å². The number of aromatic nitrogens is 1. The van der Waals surface area contributed by atoms with Gasteiger partial charge in [0, 0.05) is 0 Å². The molecule has 0 fully saturated rings. The Hall–Kier alpha value is -1.26. The number of nitrogens with one attached hydrogen (secondary N) is 1. The normalized spacial score (nSPS) is 10.9. The van der Waals surface area contributed by atoms with Gasteiger partial charge in [0.25, 0.3) is 0 Å². The molecule has 1 heterocycles. The SMILES string of the molecule is CCCNCC(=O)Cc1nc2ccccc2s1. The molecule has 0 bridgehead atoms. The van der Waals surface area contributed by atoms with Crippen LogP contribution in [-0.2, 0) is 11.2 Å².